The minimum Gasteiger partial charge on any atom is -0.399 e. The Bertz CT molecular complexity index is 728. The highest BCUT2D eigenvalue weighted by atomic mass is 32.2. The molecule has 1 aliphatic rings. The summed E-state index contributed by atoms with van der Waals surface area (Å²) in [6, 6.07) is 14.0. The van der Waals surface area contributed by atoms with Crippen LogP contribution in [0.4, 0.5) is 11.4 Å². The van der Waals surface area contributed by atoms with E-state index in [2.05, 4.69) is 17.4 Å². The van der Waals surface area contributed by atoms with Gasteiger partial charge in [0.05, 0.1) is 19.3 Å². The summed E-state index contributed by atoms with van der Waals surface area (Å²) in [5.74, 6) is -0.344. The van der Waals surface area contributed by atoms with Crippen LogP contribution in [0.3, 0.4) is 0 Å². The van der Waals surface area contributed by atoms with Crippen molar-refractivity contribution in [3.63, 3.8) is 0 Å². The van der Waals surface area contributed by atoms with Crippen molar-refractivity contribution in [1.29, 1.82) is 0 Å². The lowest BCUT2D eigenvalue weighted by atomic mass is 10.0. The Hall–Kier alpha value is -2.22. The summed E-state index contributed by atoms with van der Waals surface area (Å²) in [5, 5.41) is 20.9. The zero-order chi connectivity index (χ0) is 21.1. The number of hydrogen-bond donors (Lipinski definition) is 5. The van der Waals surface area contributed by atoms with Crippen LogP contribution in [0.5, 0.6) is 0 Å². The molecule has 0 bridgehead atoms. The first kappa shape index (κ1) is 23.1. The first-order chi connectivity index (χ1) is 14.0. The molecule has 0 saturated heterocycles. The van der Waals surface area contributed by atoms with Gasteiger partial charge < -0.3 is 27.0 Å². The number of thioether (sulfide) groups is 1. The van der Waals surface area contributed by atoms with Gasteiger partial charge in [-0.3, -0.25) is 4.79 Å². The van der Waals surface area contributed by atoms with E-state index in [9.17, 15) is 4.79 Å². The number of carbonyl (C=O) groups is 1. The molecule has 2 aromatic rings. The number of nitrogens with two attached hydrogens (primary N) is 2. The topological polar surface area (TPSA) is 122 Å². The molecule has 158 valence electrons. The van der Waals surface area contributed by atoms with Crippen LogP contribution in [0.15, 0.2) is 53.4 Å². The van der Waals surface area contributed by atoms with Gasteiger partial charge in [-0.1, -0.05) is 19.3 Å². The van der Waals surface area contributed by atoms with E-state index in [0.29, 0.717) is 11.3 Å². The van der Waals surface area contributed by atoms with Gasteiger partial charge in [-0.15, -0.1) is 11.8 Å². The number of benzene rings is 2. The van der Waals surface area contributed by atoms with E-state index in [-0.39, 0.29) is 19.1 Å². The highest BCUT2D eigenvalue weighted by Crippen LogP contribution is 2.33. The van der Waals surface area contributed by atoms with Gasteiger partial charge in [-0.25, -0.2) is 0 Å². The molecule has 0 aromatic heterocycles. The van der Waals surface area contributed by atoms with Crippen molar-refractivity contribution in [2.45, 2.75) is 48.3 Å². The zero-order valence-electron chi connectivity index (χ0n) is 16.6. The van der Waals surface area contributed by atoms with Crippen LogP contribution in [-0.2, 0) is 0 Å². The van der Waals surface area contributed by atoms with E-state index < -0.39 is 6.04 Å². The van der Waals surface area contributed by atoms with E-state index in [1.807, 2.05) is 23.9 Å². The molecule has 7 heteroatoms. The summed E-state index contributed by atoms with van der Waals surface area (Å²) in [7, 11) is 0. The van der Waals surface area contributed by atoms with Crippen LogP contribution >= 0.6 is 11.8 Å². The quantitative estimate of drug-likeness (QED) is 0.461. The number of carbonyl (C=O) groups excluding carboxylic acids is 1. The number of aliphatic hydroxyl groups is 2. The van der Waals surface area contributed by atoms with E-state index in [0.717, 1.165) is 10.9 Å². The van der Waals surface area contributed by atoms with E-state index in [4.69, 9.17) is 21.7 Å². The second-order valence-electron chi connectivity index (χ2n) is 7.10. The monoisotopic (exact) mass is 417 g/mol. The van der Waals surface area contributed by atoms with Crippen molar-refractivity contribution >= 4 is 29.0 Å². The molecule has 0 unspecified atom stereocenters. The lowest BCUT2D eigenvalue weighted by Gasteiger charge is -2.20. The van der Waals surface area contributed by atoms with Gasteiger partial charge in [-0.05, 0) is 61.4 Å². The lowest BCUT2D eigenvalue weighted by Crippen LogP contribution is -2.40. The third-order valence-corrected chi connectivity index (χ3v) is 6.03. The Kier molecular flexibility index (Phi) is 9.83. The molecule has 0 aliphatic heterocycles. The van der Waals surface area contributed by atoms with Gasteiger partial charge in [0, 0.05) is 27.1 Å². The molecule has 1 amide bonds. The molecule has 0 heterocycles. The van der Waals surface area contributed by atoms with Crippen molar-refractivity contribution in [1.82, 2.24) is 5.32 Å². The van der Waals surface area contributed by atoms with Crippen molar-refractivity contribution in [2.24, 2.45) is 0 Å². The van der Waals surface area contributed by atoms with Crippen molar-refractivity contribution < 1.29 is 15.0 Å². The zero-order valence-corrected chi connectivity index (χ0v) is 17.4. The van der Waals surface area contributed by atoms with Crippen molar-refractivity contribution in [3.8, 4) is 0 Å². The SMILES string of the molecule is Nc1ccc(C(=O)NC(CO)CO)cc1.Nc1ccc(SC2CCCCC2)cc1. The fourth-order valence-electron chi connectivity index (χ4n) is 2.97. The third-order valence-electron chi connectivity index (χ3n) is 4.68. The minimum absolute atomic E-state index is 0.294. The van der Waals surface area contributed by atoms with Crippen LogP contribution in [0.25, 0.3) is 0 Å². The van der Waals surface area contributed by atoms with E-state index in [1.54, 1.807) is 24.3 Å². The second kappa shape index (κ2) is 12.4. The minimum atomic E-state index is -0.630. The molecule has 2 aromatic carbocycles. The summed E-state index contributed by atoms with van der Waals surface area (Å²) in [6.07, 6.45) is 7.02. The molecule has 6 nitrogen and oxygen atoms in total. The maximum Gasteiger partial charge on any atom is 0.251 e. The van der Waals surface area contributed by atoms with Crippen molar-refractivity contribution in [3.05, 3.63) is 54.1 Å². The van der Waals surface area contributed by atoms with Crippen LogP contribution < -0.4 is 16.8 Å². The number of nitrogen functional groups attached to an aromatic ring is 2. The molecule has 0 atom stereocenters. The molecule has 0 radical (unpaired) electrons. The van der Waals surface area contributed by atoms with E-state index >= 15 is 0 Å². The fraction of sp³-hybridized carbons (Fsp3) is 0.409. The summed E-state index contributed by atoms with van der Waals surface area (Å²) >= 11 is 2.02. The molecule has 1 aliphatic carbocycles. The smallest absolute Gasteiger partial charge is 0.251 e. The molecular formula is C22H31N3O3S. The summed E-state index contributed by atoms with van der Waals surface area (Å²) < 4.78 is 0. The number of rotatable bonds is 6. The molecule has 0 spiro atoms. The van der Waals surface area contributed by atoms with Gasteiger partial charge in [0.2, 0.25) is 0 Å². The molecule has 1 saturated carbocycles. The highest BCUT2D eigenvalue weighted by molar-refractivity contribution is 8.00. The van der Waals surface area contributed by atoms with Crippen LogP contribution in [0, 0.1) is 0 Å². The fourth-order valence-corrected chi connectivity index (χ4v) is 4.22. The normalized spacial score (nSPS) is 14.2. The van der Waals surface area contributed by atoms with E-state index in [1.165, 1.54) is 37.0 Å². The predicted octanol–water partition coefficient (Wildman–Crippen LogP) is 3.05. The van der Waals surface area contributed by atoms with Gasteiger partial charge >= 0.3 is 0 Å². The maximum atomic E-state index is 11.5. The van der Waals surface area contributed by atoms with Gasteiger partial charge in [-0.2, -0.15) is 0 Å². The Labute approximate surface area is 176 Å². The lowest BCUT2D eigenvalue weighted by molar-refractivity contribution is 0.0879. The number of anilines is 2. The van der Waals surface area contributed by atoms with Gasteiger partial charge in [0.1, 0.15) is 0 Å². The Morgan fingerprint density at radius 3 is 1.97 bits per heavy atom. The number of amides is 1. The van der Waals surface area contributed by atoms with Crippen LogP contribution in [0.1, 0.15) is 42.5 Å². The average molecular weight is 418 g/mol. The summed E-state index contributed by atoms with van der Waals surface area (Å²) in [5.41, 5.74) is 13.0. The molecule has 1 fully saturated rings. The highest BCUT2D eigenvalue weighted by Gasteiger charge is 2.14. The van der Waals surface area contributed by atoms with Crippen molar-refractivity contribution in [2.75, 3.05) is 24.7 Å². The third kappa shape index (κ3) is 8.35. The molecule has 29 heavy (non-hydrogen) atoms. The molecule has 3 rings (SSSR count). The average Bonchev–Trinajstić information content (AvgIpc) is 2.75. The standard InChI is InChI=1S/C12H17NS.C10H14N2O3/c13-10-6-8-12(9-7-10)14-11-4-2-1-3-5-11;11-8-3-1-7(2-4-8)10(15)12-9(5-13)6-14/h6-9,11H,1-5,13H2;1-4,9,13-14H,5-6,11H2,(H,12,15). The second-order valence-corrected chi connectivity index (χ2v) is 8.48. The maximum absolute atomic E-state index is 11.5. The largest absolute Gasteiger partial charge is 0.399 e. The van der Waals surface area contributed by atoms with Gasteiger partial charge in [0.25, 0.3) is 5.91 Å². The Morgan fingerprint density at radius 2 is 1.45 bits per heavy atom. The summed E-state index contributed by atoms with van der Waals surface area (Å²) in [6.45, 7) is -0.589. The number of aliphatic hydroxyl groups excluding tert-OH is 2. The Balaban J connectivity index is 0.000000207. The van der Waals surface area contributed by atoms with Crippen LogP contribution in [-0.4, -0.2) is 40.6 Å². The molecular weight excluding hydrogens is 386 g/mol. The number of hydrogen-bond acceptors (Lipinski definition) is 6. The number of nitrogens with one attached hydrogen (secondary N) is 1. The Morgan fingerprint density at radius 1 is 0.931 bits per heavy atom. The predicted molar refractivity (Wildman–Crippen MR) is 120 cm³/mol. The first-order valence-electron chi connectivity index (χ1n) is 9.92. The van der Waals surface area contributed by atoms with Gasteiger partial charge in [0.15, 0.2) is 0 Å². The van der Waals surface area contributed by atoms with Crippen LogP contribution in [0.2, 0.25) is 0 Å². The first-order valence-corrected chi connectivity index (χ1v) is 10.8. The molecule has 7 N–H and O–H groups in total. The summed E-state index contributed by atoms with van der Waals surface area (Å²) in [4.78, 5) is 12.9.